The van der Waals surface area contributed by atoms with Crippen molar-refractivity contribution in [2.24, 2.45) is 5.92 Å². The fourth-order valence-electron chi connectivity index (χ4n) is 2.39. The topological polar surface area (TPSA) is 66.8 Å². The van der Waals surface area contributed by atoms with Gasteiger partial charge in [-0.3, -0.25) is 9.69 Å². The number of carbonyl (C=O) groups is 2. The molecule has 0 aromatic heterocycles. The van der Waals surface area contributed by atoms with Crippen LogP contribution in [-0.2, 0) is 9.59 Å². The minimum absolute atomic E-state index is 0.241. The van der Waals surface area contributed by atoms with Crippen LogP contribution in [0.5, 0.6) is 5.75 Å². The molecule has 5 nitrogen and oxygen atoms in total. The van der Waals surface area contributed by atoms with E-state index in [0.717, 1.165) is 23.1 Å². The van der Waals surface area contributed by atoms with E-state index in [2.05, 4.69) is 0 Å². The lowest BCUT2D eigenvalue weighted by atomic mass is 10.0. The zero-order valence-corrected chi connectivity index (χ0v) is 15.3. The van der Waals surface area contributed by atoms with Gasteiger partial charge in [-0.25, -0.2) is 4.79 Å². The molecule has 0 unspecified atom stereocenters. The zero-order valence-electron chi connectivity index (χ0n) is 13.7. The van der Waals surface area contributed by atoms with Gasteiger partial charge in [-0.2, -0.15) is 0 Å². The highest BCUT2D eigenvalue weighted by Gasteiger charge is 2.41. The number of nitrogens with zero attached hydrogens (tertiary/aromatic N) is 1. The maximum Gasteiger partial charge on any atom is 0.327 e. The average molecular weight is 365 g/mol. The van der Waals surface area contributed by atoms with Crippen molar-refractivity contribution < 1.29 is 19.4 Å². The van der Waals surface area contributed by atoms with Crippen LogP contribution >= 0.6 is 24.0 Å². The van der Waals surface area contributed by atoms with Crippen LogP contribution in [0.3, 0.4) is 0 Å². The van der Waals surface area contributed by atoms with E-state index in [1.165, 1.54) is 4.90 Å². The van der Waals surface area contributed by atoms with Crippen LogP contribution in [0.25, 0.3) is 6.08 Å². The Kier molecular flexibility index (Phi) is 6.01. The van der Waals surface area contributed by atoms with Gasteiger partial charge in [-0.1, -0.05) is 50.0 Å². The van der Waals surface area contributed by atoms with Gasteiger partial charge in [0, 0.05) is 0 Å². The molecule has 1 saturated heterocycles. The number of benzene rings is 1. The van der Waals surface area contributed by atoms with Crippen molar-refractivity contribution in [1.29, 1.82) is 0 Å². The highest BCUT2D eigenvalue weighted by Crippen LogP contribution is 2.35. The van der Waals surface area contributed by atoms with E-state index in [1.54, 1.807) is 19.9 Å². The van der Waals surface area contributed by atoms with Gasteiger partial charge >= 0.3 is 5.97 Å². The number of hydrogen-bond acceptors (Lipinski definition) is 5. The summed E-state index contributed by atoms with van der Waals surface area (Å²) in [5.74, 6) is -0.897. The van der Waals surface area contributed by atoms with Crippen molar-refractivity contribution in [2.45, 2.75) is 26.8 Å². The maximum absolute atomic E-state index is 12.6. The summed E-state index contributed by atoms with van der Waals surface area (Å²) in [5, 5.41) is 9.40. The largest absolute Gasteiger partial charge is 0.494 e. The lowest BCUT2D eigenvalue weighted by Gasteiger charge is -2.26. The van der Waals surface area contributed by atoms with Crippen molar-refractivity contribution in [1.82, 2.24) is 4.90 Å². The number of carbonyl (C=O) groups excluding carboxylic acids is 1. The molecule has 7 heteroatoms. The van der Waals surface area contributed by atoms with Crippen molar-refractivity contribution in [3.8, 4) is 5.75 Å². The second-order valence-electron chi connectivity index (χ2n) is 5.58. The molecule has 0 bridgehead atoms. The Morgan fingerprint density at radius 2 is 2.00 bits per heavy atom. The molecule has 128 valence electrons. The van der Waals surface area contributed by atoms with Crippen LogP contribution in [0.15, 0.2) is 29.2 Å². The lowest BCUT2D eigenvalue weighted by molar-refractivity contribution is -0.146. The third-order valence-corrected chi connectivity index (χ3v) is 4.81. The molecule has 1 heterocycles. The number of rotatable bonds is 6. The van der Waals surface area contributed by atoms with Gasteiger partial charge < -0.3 is 9.84 Å². The second-order valence-corrected chi connectivity index (χ2v) is 7.26. The van der Waals surface area contributed by atoms with Gasteiger partial charge in [0.05, 0.1) is 11.5 Å². The van der Waals surface area contributed by atoms with E-state index in [0.29, 0.717) is 11.5 Å². The number of hydrogen-bond donors (Lipinski definition) is 1. The van der Waals surface area contributed by atoms with Crippen LogP contribution in [0.2, 0.25) is 0 Å². The highest BCUT2D eigenvalue weighted by atomic mass is 32.2. The molecule has 1 amide bonds. The first kappa shape index (κ1) is 18.5. The Hall–Kier alpha value is -1.86. The summed E-state index contributed by atoms with van der Waals surface area (Å²) < 4.78 is 5.66. The maximum atomic E-state index is 12.6. The molecule has 1 N–H and O–H groups in total. The van der Waals surface area contributed by atoms with E-state index >= 15 is 0 Å². The molecule has 0 aliphatic carbocycles. The summed E-state index contributed by atoms with van der Waals surface area (Å²) in [6.07, 6.45) is 1.72. The number of aliphatic carboxylic acids is 1. The fraction of sp³-hybridized carbons (Fsp3) is 0.353. The Morgan fingerprint density at radius 1 is 1.38 bits per heavy atom. The van der Waals surface area contributed by atoms with E-state index < -0.39 is 12.0 Å². The summed E-state index contributed by atoms with van der Waals surface area (Å²) in [4.78, 5) is 25.7. The van der Waals surface area contributed by atoms with Gasteiger partial charge in [0.15, 0.2) is 0 Å². The normalized spacial score (nSPS) is 17.7. The fourth-order valence-corrected chi connectivity index (χ4v) is 3.72. The smallest absolute Gasteiger partial charge is 0.327 e. The average Bonchev–Trinajstić information content (AvgIpc) is 2.77. The summed E-state index contributed by atoms with van der Waals surface area (Å²) in [6.45, 7) is 6.01. The quantitative estimate of drug-likeness (QED) is 0.616. The Labute approximate surface area is 150 Å². The van der Waals surface area contributed by atoms with Gasteiger partial charge in [-0.15, -0.1) is 0 Å². The number of ether oxygens (including phenoxy) is 1. The minimum Gasteiger partial charge on any atom is -0.494 e. The monoisotopic (exact) mass is 365 g/mol. The first-order valence-corrected chi connectivity index (χ1v) is 8.80. The molecule has 1 aliphatic rings. The van der Waals surface area contributed by atoms with Gasteiger partial charge in [-0.05, 0) is 36.6 Å². The molecular formula is C17H19NO4S2. The lowest BCUT2D eigenvalue weighted by Crippen LogP contribution is -2.47. The summed E-state index contributed by atoms with van der Waals surface area (Å²) in [5.41, 5.74) is 0.829. The number of thioether (sulfide) groups is 1. The van der Waals surface area contributed by atoms with Crippen molar-refractivity contribution in [3.63, 3.8) is 0 Å². The molecule has 2 rings (SSSR count). The van der Waals surface area contributed by atoms with E-state index in [4.69, 9.17) is 17.0 Å². The van der Waals surface area contributed by atoms with Gasteiger partial charge in [0.25, 0.3) is 5.91 Å². The number of thiocarbonyl (C=S) groups is 1. The Bertz CT molecular complexity index is 682. The van der Waals surface area contributed by atoms with Gasteiger partial charge in [0.2, 0.25) is 0 Å². The molecule has 1 atom stereocenters. The van der Waals surface area contributed by atoms with Crippen molar-refractivity contribution in [2.75, 3.05) is 6.61 Å². The zero-order chi connectivity index (χ0) is 17.9. The van der Waals surface area contributed by atoms with E-state index in [1.807, 2.05) is 31.2 Å². The second kappa shape index (κ2) is 7.81. The third kappa shape index (κ3) is 3.96. The number of carboxylic acids is 1. The standard InChI is InChI=1S/C17H19NO4S2/c1-4-22-12-7-5-11(6-8-12)9-13-15(19)18(17(23)24-13)14(10(2)3)16(20)21/h5-10,14H,4H2,1-3H3,(H,20,21)/b13-9-/t14-/m1/s1. The van der Waals surface area contributed by atoms with Crippen LogP contribution in [-0.4, -0.2) is 38.9 Å². The van der Waals surface area contributed by atoms with Gasteiger partial charge in [0.1, 0.15) is 16.1 Å². The number of carboxylic acid groups (broad SMARTS) is 1. The SMILES string of the molecule is CCOc1ccc(/C=C2\SC(=S)N([C@@H](C(=O)O)C(C)C)C2=O)cc1. The van der Waals surface area contributed by atoms with Crippen LogP contribution in [0.4, 0.5) is 0 Å². The summed E-state index contributed by atoms with van der Waals surface area (Å²) >= 11 is 6.35. The molecular weight excluding hydrogens is 346 g/mol. The molecule has 0 radical (unpaired) electrons. The Morgan fingerprint density at radius 3 is 2.50 bits per heavy atom. The molecule has 1 fully saturated rings. The third-order valence-electron chi connectivity index (χ3n) is 3.48. The van der Waals surface area contributed by atoms with Crippen molar-refractivity contribution in [3.05, 3.63) is 34.7 Å². The molecule has 1 aromatic rings. The minimum atomic E-state index is -1.05. The number of amides is 1. The van der Waals surface area contributed by atoms with E-state index in [-0.39, 0.29) is 16.1 Å². The summed E-state index contributed by atoms with van der Waals surface area (Å²) in [7, 11) is 0. The first-order valence-electron chi connectivity index (χ1n) is 7.57. The molecule has 1 aromatic carbocycles. The highest BCUT2D eigenvalue weighted by molar-refractivity contribution is 8.26. The van der Waals surface area contributed by atoms with Crippen LogP contribution in [0, 0.1) is 5.92 Å². The molecule has 24 heavy (non-hydrogen) atoms. The molecule has 1 aliphatic heterocycles. The molecule has 0 saturated carbocycles. The Balaban J connectivity index is 2.25. The van der Waals surface area contributed by atoms with Crippen molar-refractivity contribution >= 4 is 46.3 Å². The van der Waals surface area contributed by atoms with Crippen LogP contribution < -0.4 is 4.74 Å². The molecule has 0 spiro atoms. The first-order chi connectivity index (χ1) is 11.3. The van der Waals surface area contributed by atoms with Crippen LogP contribution in [0.1, 0.15) is 26.3 Å². The predicted octanol–water partition coefficient (Wildman–Crippen LogP) is 3.40. The van der Waals surface area contributed by atoms with E-state index in [9.17, 15) is 14.7 Å². The predicted molar refractivity (Wildman–Crippen MR) is 98.9 cm³/mol. The summed E-state index contributed by atoms with van der Waals surface area (Å²) in [6, 6.07) is 6.38.